The van der Waals surface area contributed by atoms with Crippen molar-refractivity contribution in [3.8, 4) is 0 Å². The summed E-state index contributed by atoms with van der Waals surface area (Å²) >= 11 is 0. The summed E-state index contributed by atoms with van der Waals surface area (Å²) in [5, 5.41) is 4.52. The molecular weight excluding hydrogens is 422 g/mol. The lowest BCUT2D eigenvalue weighted by atomic mass is 9.84. The number of likely N-dealkylation sites (tertiary alicyclic amines) is 1. The lowest BCUT2D eigenvalue weighted by Gasteiger charge is -2.41. The SMILES string of the molecule is COCCN(Cc1cccnc1)C(Cc1ccccc1)C1CCN(Cc2cn(C)nc2C)CC1. The molecule has 1 unspecified atom stereocenters. The van der Waals surface area contributed by atoms with Gasteiger partial charge in [-0.15, -0.1) is 0 Å². The molecule has 0 N–H and O–H groups in total. The van der Waals surface area contributed by atoms with Gasteiger partial charge < -0.3 is 4.74 Å². The quantitative estimate of drug-likeness (QED) is 0.430. The Kier molecular flexibility index (Phi) is 8.85. The molecule has 182 valence electrons. The van der Waals surface area contributed by atoms with Crippen LogP contribution in [0.5, 0.6) is 0 Å². The lowest BCUT2D eigenvalue weighted by Crippen LogP contribution is -2.47. The van der Waals surface area contributed by atoms with E-state index in [1.807, 2.05) is 30.2 Å². The highest BCUT2D eigenvalue weighted by molar-refractivity contribution is 5.18. The number of aryl methyl sites for hydroxylation is 2. The molecule has 1 aromatic carbocycles. The zero-order chi connectivity index (χ0) is 23.8. The normalized spacial score (nSPS) is 16.2. The molecule has 1 aliphatic rings. The Morgan fingerprint density at radius 1 is 1.09 bits per heavy atom. The standard InChI is InChI=1S/C28H39N5O/c1-23-27(21-31(2)30-23)22-32-14-11-26(12-15-32)28(18-24-8-5-4-6-9-24)33(16-17-34-3)20-25-10-7-13-29-19-25/h4-10,13,19,21,26,28H,11-12,14-18,20,22H2,1-3H3. The van der Waals surface area contributed by atoms with E-state index in [-0.39, 0.29) is 0 Å². The first-order valence-electron chi connectivity index (χ1n) is 12.5. The Hall–Kier alpha value is -2.54. The van der Waals surface area contributed by atoms with Crippen molar-refractivity contribution in [2.75, 3.05) is 33.4 Å². The molecule has 0 amide bonds. The summed E-state index contributed by atoms with van der Waals surface area (Å²) in [6.45, 7) is 7.96. The molecule has 0 radical (unpaired) electrons. The summed E-state index contributed by atoms with van der Waals surface area (Å²) in [6.07, 6.45) is 9.51. The third-order valence-corrected chi connectivity index (χ3v) is 7.13. The summed E-state index contributed by atoms with van der Waals surface area (Å²) in [4.78, 5) is 9.60. The molecule has 6 heteroatoms. The number of hydrogen-bond acceptors (Lipinski definition) is 5. The van der Waals surface area contributed by atoms with E-state index in [2.05, 4.69) is 69.4 Å². The summed E-state index contributed by atoms with van der Waals surface area (Å²) in [5.74, 6) is 0.653. The maximum Gasteiger partial charge on any atom is 0.0638 e. The monoisotopic (exact) mass is 461 g/mol. The van der Waals surface area contributed by atoms with E-state index in [1.165, 1.54) is 29.5 Å². The van der Waals surface area contributed by atoms with Gasteiger partial charge in [0.05, 0.1) is 12.3 Å². The van der Waals surface area contributed by atoms with Crippen LogP contribution in [0.4, 0.5) is 0 Å². The number of rotatable bonds is 11. The molecule has 4 rings (SSSR count). The van der Waals surface area contributed by atoms with Crippen molar-refractivity contribution < 1.29 is 4.74 Å². The third kappa shape index (κ3) is 6.75. The van der Waals surface area contributed by atoms with Crippen molar-refractivity contribution in [3.05, 3.63) is 83.4 Å². The highest BCUT2D eigenvalue weighted by atomic mass is 16.5. The van der Waals surface area contributed by atoms with Crippen molar-refractivity contribution in [2.45, 2.75) is 45.3 Å². The number of ether oxygens (including phenoxy) is 1. The molecule has 6 nitrogen and oxygen atoms in total. The first kappa shape index (κ1) is 24.6. The number of aromatic nitrogens is 3. The smallest absolute Gasteiger partial charge is 0.0638 e. The van der Waals surface area contributed by atoms with E-state index in [0.29, 0.717) is 12.0 Å². The molecular formula is C28H39N5O. The molecule has 3 aromatic rings. The predicted molar refractivity (Wildman–Crippen MR) is 136 cm³/mol. The highest BCUT2D eigenvalue weighted by Gasteiger charge is 2.31. The van der Waals surface area contributed by atoms with Crippen molar-refractivity contribution in [1.82, 2.24) is 24.6 Å². The second kappa shape index (κ2) is 12.2. The van der Waals surface area contributed by atoms with E-state index in [9.17, 15) is 0 Å². The number of nitrogens with zero attached hydrogens (tertiary/aromatic N) is 5. The summed E-state index contributed by atoms with van der Waals surface area (Å²) in [7, 11) is 3.81. The van der Waals surface area contributed by atoms with Gasteiger partial charge in [-0.25, -0.2) is 0 Å². The molecule has 1 fully saturated rings. The fourth-order valence-corrected chi connectivity index (χ4v) is 5.29. The molecule has 2 aromatic heterocycles. The number of methoxy groups -OCH3 is 1. The number of hydrogen-bond donors (Lipinski definition) is 0. The van der Waals surface area contributed by atoms with Gasteiger partial charge in [0.25, 0.3) is 0 Å². The van der Waals surface area contributed by atoms with Crippen LogP contribution >= 0.6 is 0 Å². The van der Waals surface area contributed by atoms with Gasteiger partial charge in [-0.05, 0) is 62.4 Å². The van der Waals surface area contributed by atoms with Crippen molar-refractivity contribution in [2.24, 2.45) is 13.0 Å². The molecule has 0 aliphatic carbocycles. The van der Waals surface area contributed by atoms with Gasteiger partial charge in [0.2, 0.25) is 0 Å². The van der Waals surface area contributed by atoms with Crippen molar-refractivity contribution >= 4 is 0 Å². The molecule has 1 aliphatic heterocycles. The fourth-order valence-electron chi connectivity index (χ4n) is 5.29. The van der Waals surface area contributed by atoms with Gasteiger partial charge >= 0.3 is 0 Å². The van der Waals surface area contributed by atoms with Gasteiger partial charge in [-0.2, -0.15) is 5.10 Å². The van der Waals surface area contributed by atoms with Crippen LogP contribution in [-0.4, -0.2) is 64.0 Å². The van der Waals surface area contributed by atoms with Gasteiger partial charge in [0.15, 0.2) is 0 Å². The van der Waals surface area contributed by atoms with Crippen LogP contribution < -0.4 is 0 Å². The first-order valence-corrected chi connectivity index (χ1v) is 12.5. The second-order valence-electron chi connectivity index (χ2n) is 9.61. The van der Waals surface area contributed by atoms with E-state index in [4.69, 9.17) is 4.74 Å². The summed E-state index contributed by atoms with van der Waals surface area (Å²) < 4.78 is 7.45. The van der Waals surface area contributed by atoms with Crippen LogP contribution in [0, 0.1) is 12.8 Å². The fraction of sp³-hybridized carbons (Fsp3) is 0.500. The van der Waals surface area contributed by atoms with Crippen LogP contribution in [-0.2, 0) is 31.3 Å². The van der Waals surface area contributed by atoms with E-state index in [1.54, 1.807) is 7.11 Å². The van der Waals surface area contributed by atoms with Crippen LogP contribution in [0.25, 0.3) is 0 Å². The molecule has 1 saturated heterocycles. The average molecular weight is 462 g/mol. The zero-order valence-corrected chi connectivity index (χ0v) is 20.9. The average Bonchev–Trinajstić information content (AvgIpc) is 3.18. The van der Waals surface area contributed by atoms with Crippen molar-refractivity contribution in [3.63, 3.8) is 0 Å². The van der Waals surface area contributed by atoms with E-state index < -0.39 is 0 Å². The van der Waals surface area contributed by atoms with Crippen LogP contribution in [0.1, 0.15) is 35.2 Å². The molecule has 0 spiro atoms. The van der Waals surface area contributed by atoms with Gasteiger partial charge in [-0.1, -0.05) is 36.4 Å². The predicted octanol–water partition coefficient (Wildman–Crippen LogP) is 4.10. The minimum absolute atomic E-state index is 0.472. The second-order valence-corrected chi connectivity index (χ2v) is 9.61. The Morgan fingerprint density at radius 3 is 2.50 bits per heavy atom. The molecule has 0 saturated carbocycles. The van der Waals surface area contributed by atoms with E-state index >= 15 is 0 Å². The highest BCUT2D eigenvalue weighted by Crippen LogP contribution is 2.29. The van der Waals surface area contributed by atoms with Gasteiger partial charge in [-0.3, -0.25) is 19.5 Å². The van der Waals surface area contributed by atoms with Gasteiger partial charge in [0.1, 0.15) is 0 Å². The van der Waals surface area contributed by atoms with Crippen LogP contribution in [0.3, 0.4) is 0 Å². The summed E-state index contributed by atoms with van der Waals surface area (Å²) in [6, 6.07) is 15.7. The Labute approximate surface area is 204 Å². The number of pyridine rings is 1. The van der Waals surface area contributed by atoms with Gasteiger partial charge in [0, 0.05) is 64.0 Å². The molecule has 34 heavy (non-hydrogen) atoms. The Balaban J connectivity index is 1.48. The first-order chi connectivity index (χ1) is 16.6. The maximum atomic E-state index is 5.52. The Bertz CT molecular complexity index is 983. The number of benzene rings is 1. The maximum absolute atomic E-state index is 5.52. The Morgan fingerprint density at radius 2 is 1.85 bits per heavy atom. The number of piperidine rings is 1. The molecule has 0 bridgehead atoms. The van der Waals surface area contributed by atoms with Crippen LogP contribution in [0.2, 0.25) is 0 Å². The van der Waals surface area contributed by atoms with E-state index in [0.717, 1.165) is 51.4 Å². The summed E-state index contributed by atoms with van der Waals surface area (Å²) in [5.41, 5.74) is 5.17. The van der Waals surface area contributed by atoms with Crippen molar-refractivity contribution in [1.29, 1.82) is 0 Å². The minimum Gasteiger partial charge on any atom is -0.383 e. The molecule has 1 atom stereocenters. The largest absolute Gasteiger partial charge is 0.383 e. The minimum atomic E-state index is 0.472. The molecule has 3 heterocycles. The zero-order valence-electron chi connectivity index (χ0n) is 20.9. The van der Waals surface area contributed by atoms with Crippen LogP contribution in [0.15, 0.2) is 61.1 Å². The topological polar surface area (TPSA) is 46.4 Å². The lowest BCUT2D eigenvalue weighted by molar-refractivity contribution is 0.0570. The third-order valence-electron chi connectivity index (χ3n) is 7.13.